The van der Waals surface area contributed by atoms with Gasteiger partial charge in [0.1, 0.15) is 12.7 Å². The minimum Gasteiger partial charge on any atom is -0.486 e. The van der Waals surface area contributed by atoms with E-state index in [9.17, 15) is 0 Å². The Bertz CT molecular complexity index is 369. The van der Waals surface area contributed by atoms with Crippen molar-refractivity contribution >= 4 is 0 Å². The fraction of sp³-hybridized carbons (Fsp3) is 0.571. The fourth-order valence-electron chi connectivity index (χ4n) is 1.95. The standard InChI is InChI=1S/C14H22N2O2/c1-16(2)9-5-8-15-10-12-11-17-13-6-3-4-7-14(13)18-12/h3-4,6-7,12,15H,5,8-11H2,1-2H3. The first-order valence-corrected chi connectivity index (χ1v) is 6.49. The summed E-state index contributed by atoms with van der Waals surface area (Å²) >= 11 is 0. The lowest BCUT2D eigenvalue weighted by Crippen LogP contribution is -2.39. The van der Waals surface area contributed by atoms with Crippen molar-refractivity contribution in [1.29, 1.82) is 0 Å². The highest BCUT2D eigenvalue weighted by Gasteiger charge is 2.19. The van der Waals surface area contributed by atoms with Gasteiger partial charge in [0.15, 0.2) is 11.5 Å². The molecule has 0 saturated heterocycles. The summed E-state index contributed by atoms with van der Waals surface area (Å²) in [5, 5.41) is 3.41. The largest absolute Gasteiger partial charge is 0.486 e. The van der Waals surface area contributed by atoms with E-state index in [4.69, 9.17) is 9.47 Å². The third kappa shape index (κ3) is 3.89. The van der Waals surface area contributed by atoms with Gasteiger partial charge in [-0.2, -0.15) is 0 Å². The molecule has 0 amide bonds. The number of ether oxygens (including phenoxy) is 2. The number of nitrogens with one attached hydrogen (secondary N) is 1. The highest BCUT2D eigenvalue weighted by Crippen LogP contribution is 2.30. The molecule has 0 radical (unpaired) electrons. The summed E-state index contributed by atoms with van der Waals surface area (Å²) < 4.78 is 11.5. The van der Waals surface area contributed by atoms with Crippen molar-refractivity contribution in [3.8, 4) is 11.5 Å². The molecule has 1 heterocycles. The van der Waals surface area contributed by atoms with E-state index in [1.54, 1.807) is 0 Å². The van der Waals surface area contributed by atoms with Crippen LogP contribution in [0.5, 0.6) is 11.5 Å². The zero-order chi connectivity index (χ0) is 12.8. The number of benzene rings is 1. The number of fused-ring (bicyclic) bond motifs is 1. The van der Waals surface area contributed by atoms with Crippen LogP contribution in [0.3, 0.4) is 0 Å². The first-order valence-electron chi connectivity index (χ1n) is 6.49. The van der Waals surface area contributed by atoms with E-state index in [-0.39, 0.29) is 6.10 Å². The molecule has 0 fully saturated rings. The summed E-state index contributed by atoms with van der Waals surface area (Å²) in [4.78, 5) is 2.19. The predicted molar refractivity (Wildman–Crippen MR) is 72.4 cm³/mol. The molecule has 0 spiro atoms. The second-order valence-electron chi connectivity index (χ2n) is 4.86. The lowest BCUT2D eigenvalue weighted by molar-refractivity contribution is 0.0904. The van der Waals surface area contributed by atoms with Crippen LogP contribution in [0.15, 0.2) is 24.3 Å². The zero-order valence-corrected chi connectivity index (χ0v) is 11.2. The average molecular weight is 250 g/mol. The molecule has 0 aliphatic carbocycles. The van der Waals surface area contributed by atoms with Crippen molar-refractivity contribution in [2.75, 3.05) is 40.3 Å². The van der Waals surface area contributed by atoms with Gasteiger partial charge in [0.05, 0.1) is 0 Å². The molecule has 18 heavy (non-hydrogen) atoms. The van der Waals surface area contributed by atoms with Gasteiger partial charge in [0, 0.05) is 6.54 Å². The van der Waals surface area contributed by atoms with Crippen LogP contribution in [0.1, 0.15) is 6.42 Å². The second-order valence-corrected chi connectivity index (χ2v) is 4.86. The van der Waals surface area contributed by atoms with Crippen LogP contribution < -0.4 is 14.8 Å². The van der Waals surface area contributed by atoms with Gasteiger partial charge in [-0.15, -0.1) is 0 Å². The Morgan fingerprint density at radius 2 is 2.06 bits per heavy atom. The highest BCUT2D eigenvalue weighted by molar-refractivity contribution is 5.40. The Morgan fingerprint density at radius 1 is 1.28 bits per heavy atom. The summed E-state index contributed by atoms with van der Waals surface area (Å²) in [5.74, 6) is 1.70. The maximum absolute atomic E-state index is 5.86. The molecule has 0 aromatic heterocycles. The van der Waals surface area contributed by atoms with Gasteiger partial charge >= 0.3 is 0 Å². The van der Waals surface area contributed by atoms with Gasteiger partial charge in [-0.3, -0.25) is 0 Å². The molecule has 1 aliphatic heterocycles. The van der Waals surface area contributed by atoms with E-state index in [0.29, 0.717) is 6.61 Å². The number of nitrogens with zero attached hydrogens (tertiary/aromatic N) is 1. The summed E-state index contributed by atoms with van der Waals surface area (Å²) in [6.45, 7) is 3.58. The first-order chi connectivity index (χ1) is 8.75. The third-order valence-corrected chi connectivity index (χ3v) is 2.90. The van der Waals surface area contributed by atoms with Crippen LogP contribution in [0, 0.1) is 0 Å². The van der Waals surface area contributed by atoms with E-state index < -0.39 is 0 Å². The molecule has 1 aromatic rings. The fourth-order valence-corrected chi connectivity index (χ4v) is 1.95. The Morgan fingerprint density at radius 3 is 2.83 bits per heavy atom. The predicted octanol–water partition coefficient (Wildman–Crippen LogP) is 1.37. The number of rotatable bonds is 6. The highest BCUT2D eigenvalue weighted by atomic mass is 16.6. The SMILES string of the molecule is CN(C)CCCNCC1COc2ccccc2O1. The smallest absolute Gasteiger partial charge is 0.161 e. The molecule has 1 N–H and O–H groups in total. The molecular weight excluding hydrogens is 228 g/mol. The molecule has 4 heteroatoms. The molecule has 2 rings (SSSR count). The van der Waals surface area contributed by atoms with Crippen molar-refractivity contribution in [3.05, 3.63) is 24.3 Å². The Balaban J connectivity index is 1.67. The summed E-state index contributed by atoms with van der Waals surface area (Å²) in [7, 11) is 4.18. The Kier molecular flexibility index (Phi) is 4.84. The lowest BCUT2D eigenvalue weighted by Gasteiger charge is -2.26. The summed E-state index contributed by atoms with van der Waals surface area (Å²) in [6, 6.07) is 7.82. The van der Waals surface area contributed by atoms with E-state index in [2.05, 4.69) is 24.3 Å². The number of para-hydroxylation sites is 2. The molecule has 4 nitrogen and oxygen atoms in total. The van der Waals surface area contributed by atoms with Gasteiger partial charge in [0.2, 0.25) is 0 Å². The second kappa shape index (κ2) is 6.61. The zero-order valence-electron chi connectivity index (χ0n) is 11.2. The lowest BCUT2D eigenvalue weighted by atomic mass is 10.2. The van der Waals surface area contributed by atoms with E-state index in [1.807, 2.05) is 24.3 Å². The van der Waals surface area contributed by atoms with Crippen LogP contribution in [-0.4, -0.2) is 51.3 Å². The molecule has 0 bridgehead atoms. The number of hydrogen-bond acceptors (Lipinski definition) is 4. The Hall–Kier alpha value is -1.26. The maximum atomic E-state index is 5.86. The maximum Gasteiger partial charge on any atom is 0.161 e. The molecule has 0 saturated carbocycles. The van der Waals surface area contributed by atoms with Gasteiger partial charge in [0.25, 0.3) is 0 Å². The van der Waals surface area contributed by atoms with Crippen LogP contribution >= 0.6 is 0 Å². The Labute approximate surface area is 109 Å². The van der Waals surface area contributed by atoms with Gasteiger partial charge in [-0.05, 0) is 45.7 Å². The average Bonchev–Trinajstić information content (AvgIpc) is 2.38. The minimum atomic E-state index is 0.110. The van der Waals surface area contributed by atoms with E-state index in [1.165, 1.54) is 0 Å². The molecule has 1 atom stereocenters. The summed E-state index contributed by atoms with van der Waals surface area (Å²) in [5.41, 5.74) is 0. The molecule has 1 unspecified atom stereocenters. The first kappa shape index (κ1) is 13.2. The molecule has 100 valence electrons. The summed E-state index contributed by atoms with van der Waals surface area (Å²) in [6.07, 6.45) is 1.26. The number of hydrogen-bond donors (Lipinski definition) is 1. The monoisotopic (exact) mass is 250 g/mol. The van der Waals surface area contributed by atoms with Crippen LogP contribution in [-0.2, 0) is 0 Å². The van der Waals surface area contributed by atoms with Crippen molar-refractivity contribution in [2.45, 2.75) is 12.5 Å². The normalized spacial score (nSPS) is 18.1. The van der Waals surface area contributed by atoms with E-state index >= 15 is 0 Å². The van der Waals surface area contributed by atoms with Crippen molar-refractivity contribution in [2.24, 2.45) is 0 Å². The van der Waals surface area contributed by atoms with Gasteiger partial charge < -0.3 is 19.7 Å². The third-order valence-electron chi connectivity index (χ3n) is 2.90. The quantitative estimate of drug-likeness (QED) is 0.773. The van der Waals surface area contributed by atoms with Crippen molar-refractivity contribution in [3.63, 3.8) is 0 Å². The van der Waals surface area contributed by atoms with Gasteiger partial charge in [-0.25, -0.2) is 0 Å². The van der Waals surface area contributed by atoms with Crippen LogP contribution in [0.25, 0.3) is 0 Å². The van der Waals surface area contributed by atoms with Crippen LogP contribution in [0.4, 0.5) is 0 Å². The molecule has 1 aromatic carbocycles. The topological polar surface area (TPSA) is 33.7 Å². The minimum absolute atomic E-state index is 0.110. The molecular formula is C14H22N2O2. The van der Waals surface area contributed by atoms with Crippen molar-refractivity contribution < 1.29 is 9.47 Å². The van der Waals surface area contributed by atoms with Gasteiger partial charge in [-0.1, -0.05) is 12.1 Å². The molecule has 1 aliphatic rings. The van der Waals surface area contributed by atoms with E-state index in [0.717, 1.165) is 37.6 Å². The van der Waals surface area contributed by atoms with Crippen LogP contribution in [0.2, 0.25) is 0 Å². The van der Waals surface area contributed by atoms with Crippen molar-refractivity contribution in [1.82, 2.24) is 10.2 Å².